The lowest BCUT2D eigenvalue weighted by Gasteiger charge is -2.59. The number of esters is 2. The number of carboxylic acids is 2. The molecule has 5 rings (SSSR count). The molecule has 6 N–H and O–H groups in total. The number of carbonyl (C=O) groups excluding carboxylic acids is 2. The Morgan fingerprint density at radius 3 is 2.50 bits per heavy atom. The first-order chi connectivity index (χ1) is 17.9. The predicted molar refractivity (Wildman–Crippen MR) is 121 cm³/mol. The number of benzene rings is 1. The van der Waals surface area contributed by atoms with Gasteiger partial charge in [-0.2, -0.15) is 0 Å². The molecule has 1 saturated carbocycles. The number of phenolic OH excluding ortho intramolecular Hbond substituents is 1. The van der Waals surface area contributed by atoms with Crippen LogP contribution >= 0.6 is 0 Å². The molecule has 13 nitrogen and oxygen atoms in total. The van der Waals surface area contributed by atoms with Crippen molar-refractivity contribution in [3.05, 3.63) is 35.1 Å². The molecule has 1 spiro atoms. The molecule has 0 saturated heterocycles. The Hall–Kier alpha value is -3.68. The van der Waals surface area contributed by atoms with Crippen LogP contribution < -0.4 is 4.74 Å². The zero-order valence-corrected chi connectivity index (χ0v) is 19.9. The van der Waals surface area contributed by atoms with Crippen LogP contribution in [0, 0.1) is 5.92 Å². The molecule has 1 aromatic carbocycles. The molecular weight excluding hydrogens is 508 g/mol. The molecule has 0 radical (unpaired) electrons. The highest BCUT2D eigenvalue weighted by atomic mass is 16.6. The minimum atomic E-state index is -2.58. The van der Waals surface area contributed by atoms with Gasteiger partial charge in [-0.15, -0.1) is 0 Å². The molecule has 38 heavy (non-hydrogen) atoms. The van der Waals surface area contributed by atoms with E-state index in [2.05, 4.69) is 4.74 Å². The first kappa shape index (κ1) is 25.9. The van der Waals surface area contributed by atoms with E-state index in [1.807, 2.05) is 0 Å². The molecule has 0 amide bonds. The van der Waals surface area contributed by atoms with Crippen molar-refractivity contribution in [2.45, 2.75) is 74.0 Å². The fraction of sp³-hybridized carbons (Fsp3) is 0.520. The number of carbonyl (C=O) groups is 4. The Labute approximate surface area is 214 Å². The summed E-state index contributed by atoms with van der Waals surface area (Å²) < 4.78 is 15.9. The maximum Gasteiger partial charge on any atom is 0.345 e. The monoisotopic (exact) mass is 534 g/mol. The predicted octanol–water partition coefficient (Wildman–Crippen LogP) is -0.498. The highest BCUT2D eigenvalue weighted by Crippen LogP contribution is 2.67. The first-order valence-corrected chi connectivity index (χ1v) is 12.1. The van der Waals surface area contributed by atoms with Gasteiger partial charge in [-0.3, -0.25) is 4.79 Å². The maximum atomic E-state index is 12.7. The van der Waals surface area contributed by atoms with E-state index in [-0.39, 0.29) is 29.6 Å². The second kappa shape index (κ2) is 8.96. The summed E-state index contributed by atoms with van der Waals surface area (Å²) in [4.78, 5) is 46.7. The third-order valence-electron chi connectivity index (χ3n) is 8.16. The van der Waals surface area contributed by atoms with Crippen molar-refractivity contribution in [2.75, 3.05) is 0 Å². The Bertz CT molecular complexity index is 1250. The van der Waals surface area contributed by atoms with Gasteiger partial charge in [0.1, 0.15) is 5.76 Å². The van der Waals surface area contributed by atoms with Crippen molar-refractivity contribution in [3.63, 3.8) is 0 Å². The summed E-state index contributed by atoms with van der Waals surface area (Å²) in [5.74, 6) is -6.78. The molecule has 0 aromatic heterocycles. The molecule has 3 aliphatic carbocycles. The molecule has 7 atom stereocenters. The van der Waals surface area contributed by atoms with E-state index in [9.17, 15) is 39.6 Å². The highest BCUT2D eigenvalue weighted by Gasteiger charge is 2.71. The van der Waals surface area contributed by atoms with Crippen molar-refractivity contribution in [3.8, 4) is 11.5 Å². The Balaban J connectivity index is 1.38. The van der Waals surface area contributed by atoms with E-state index in [0.29, 0.717) is 18.4 Å². The molecule has 1 aromatic rings. The maximum absolute atomic E-state index is 12.7. The number of rotatable bonds is 8. The van der Waals surface area contributed by atoms with Crippen molar-refractivity contribution < 1.29 is 64.0 Å². The van der Waals surface area contributed by atoms with Gasteiger partial charge in [-0.25, -0.2) is 14.4 Å². The third kappa shape index (κ3) is 3.64. The average molecular weight is 534 g/mol. The van der Waals surface area contributed by atoms with Gasteiger partial charge in [-0.05, 0) is 49.3 Å². The Morgan fingerprint density at radius 2 is 1.82 bits per heavy atom. The zero-order chi connectivity index (χ0) is 27.6. The smallest absolute Gasteiger partial charge is 0.345 e. The average Bonchev–Trinajstić information content (AvgIpc) is 3.20. The molecule has 2 bridgehead atoms. The lowest BCUT2D eigenvalue weighted by Crippen LogP contribution is -2.67. The number of aliphatic hydroxyl groups is 3. The fourth-order valence-electron chi connectivity index (χ4n) is 6.51. The van der Waals surface area contributed by atoms with Gasteiger partial charge in [0.05, 0.1) is 17.4 Å². The summed E-state index contributed by atoms with van der Waals surface area (Å²) in [6.07, 6.45) is -5.29. The summed E-state index contributed by atoms with van der Waals surface area (Å²) in [7, 11) is 0. The van der Waals surface area contributed by atoms with Gasteiger partial charge in [-0.1, -0.05) is 12.5 Å². The van der Waals surface area contributed by atoms with E-state index in [1.165, 1.54) is 12.1 Å². The second-order valence-electron chi connectivity index (χ2n) is 10.1. The standard InChI is InChI=1S/C25H26O13/c26-12-4-3-10-8-11-2-1-6-24-16(10)19(12)38-20(24)13(5-7-25(11,24)35)36-22(33)17(29)18(30)23(34)37-14(21(31)32)9-15(27)28/h3-5,11,14,17-18,20,26,29-30,35H,1-2,6-9H2,(H,27,28)(H,31,32)/t11-,14-,17-,18-,20+,24+,25-/m1/s1. The van der Waals surface area contributed by atoms with Crippen LogP contribution in [0.1, 0.15) is 43.2 Å². The van der Waals surface area contributed by atoms with Crippen molar-refractivity contribution >= 4 is 23.9 Å². The number of phenols is 1. The van der Waals surface area contributed by atoms with Gasteiger partial charge in [0.2, 0.25) is 6.10 Å². The normalized spacial score (nSPS) is 30.6. The number of ether oxygens (including phenoxy) is 3. The van der Waals surface area contributed by atoms with Crippen LogP contribution in [0.2, 0.25) is 0 Å². The van der Waals surface area contributed by atoms with Gasteiger partial charge < -0.3 is 44.8 Å². The number of aromatic hydroxyl groups is 1. The van der Waals surface area contributed by atoms with E-state index in [4.69, 9.17) is 19.7 Å². The second-order valence-corrected chi connectivity index (χ2v) is 10.1. The van der Waals surface area contributed by atoms with E-state index < -0.39 is 65.7 Å². The largest absolute Gasteiger partial charge is 0.504 e. The third-order valence-corrected chi connectivity index (χ3v) is 8.16. The number of aliphatic hydroxyl groups excluding tert-OH is 2. The van der Waals surface area contributed by atoms with Crippen molar-refractivity contribution in [1.29, 1.82) is 0 Å². The minimum absolute atomic E-state index is 0.0855. The van der Waals surface area contributed by atoms with Gasteiger partial charge >= 0.3 is 23.9 Å². The van der Waals surface area contributed by atoms with Crippen LogP contribution in [0.25, 0.3) is 0 Å². The van der Waals surface area contributed by atoms with Gasteiger partial charge in [0.15, 0.2) is 29.8 Å². The molecule has 13 heteroatoms. The van der Waals surface area contributed by atoms with Crippen molar-refractivity contribution in [2.24, 2.45) is 5.92 Å². The van der Waals surface area contributed by atoms with Crippen LogP contribution in [0.15, 0.2) is 24.0 Å². The SMILES string of the molecule is O=C(O)C[C@@H](OC(=O)[C@H](O)[C@@H](O)C(=O)OC1=CC[C@@]2(O)[C@@H]3CCC[C@@]24c2c(ccc(O)c2O[C@@H]14)C3)C(=O)O. The summed E-state index contributed by atoms with van der Waals surface area (Å²) in [6, 6.07) is 3.28. The molecule has 4 aliphatic rings. The molecule has 1 heterocycles. The molecule has 1 fully saturated rings. The van der Waals surface area contributed by atoms with E-state index in [0.717, 1.165) is 18.4 Å². The summed E-state index contributed by atoms with van der Waals surface area (Å²) >= 11 is 0. The van der Waals surface area contributed by atoms with Crippen LogP contribution in [0.3, 0.4) is 0 Å². The number of carboxylic acid groups (broad SMARTS) is 2. The lowest BCUT2D eigenvalue weighted by molar-refractivity contribution is -0.182. The fourth-order valence-corrected chi connectivity index (χ4v) is 6.51. The lowest BCUT2D eigenvalue weighted by atomic mass is 9.47. The zero-order valence-electron chi connectivity index (χ0n) is 19.9. The minimum Gasteiger partial charge on any atom is -0.504 e. The highest BCUT2D eigenvalue weighted by molar-refractivity contribution is 5.88. The molecular formula is C25H26O13. The van der Waals surface area contributed by atoms with Crippen LogP contribution in [0.5, 0.6) is 11.5 Å². The van der Waals surface area contributed by atoms with Gasteiger partial charge in [0, 0.05) is 5.56 Å². The summed E-state index contributed by atoms with van der Waals surface area (Å²) in [6.45, 7) is 0. The summed E-state index contributed by atoms with van der Waals surface area (Å²) in [5, 5.41) is 60.5. The van der Waals surface area contributed by atoms with Crippen LogP contribution in [-0.4, -0.2) is 84.5 Å². The number of aliphatic carboxylic acids is 2. The summed E-state index contributed by atoms with van der Waals surface area (Å²) in [5.41, 5.74) is -0.703. The van der Waals surface area contributed by atoms with E-state index in [1.54, 1.807) is 6.07 Å². The Morgan fingerprint density at radius 1 is 1.11 bits per heavy atom. The molecule has 1 aliphatic heterocycles. The first-order valence-electron chi connectivity index (χ1n) is 12.1. The van der Waals surface area contributed by atoms with E-state index >= 15 is 0 Å². The molecule has 204 valence electrons. The van der Waals surface area contributed by atoms with Gasteiger partial charge in [0.25, 0.3) is 0 Å². The topological polar surface area (TPSA) is 217 Å². The quantitative estimate of drug-likeness (QED) is 0.232. The molecule has 0 unspecified atom stereocenters. The van der Waals surface area contributed by atoms with Crippen molar-refractivity contribution in [1.82, 2.24) is 0 Å². The number of hydrogen-bond acceptors (Lipinski definition) is 11. The van der Waals surface area contributed by atoms with Crippen LogP contribution in [0.4, 0.5) is 0 Å². The number of hydrogen-bond donors (Lipinski definition) is 6. The Kier molecular flexibility index (Phi) is 6.12. The van der Waals surface area contributed by atoms with Crippen LogP contribution in [-0.2, 0) is 40.5 Å².